The van der Waals surface area contributed by atoms with Crippen molar-refractivity contribution in [1.29, 1.82) is 0 Å². The molecule has 1 saturated heterocycles. The van der Waals surface area contributed by atoms with Crippen LogP contribution in [0.4, 0.5) is 4.39 Å². The van der Waals surface area contributed by atoms with Crippen LogP contribution in [0.1, 0.15) is 5.56 Å². The van der Waals surface area contributed by atoms with Crippen molar-refractivity contribution in [2.24, 2.45) is 5.92 Å². The summed E-state index contributed by atoms with van der Waals surface area (Å²) in [6, 6.07) is 10.0. The first kappa shape index (κ1) is 12.0. The number of likely N-dealkylation sites (tertiary alicyclic amines) is 1. The number of nitrogens with zero attached hydrogens (tertiary/aromatic N) is 1. The summed E-state index contributed by atoms with van der Waals surface area (Å²) in [5.74, 6) is -0.0797. The van der Waals surface area contributed by atoms with E-state index in [0.717, 1.165) is 6.54 Å². The van der Waals surface area contributed by atoms with Gasteiger partial charge < -0.3 is 5.32 Å². The molecule has 0 radical (unpaired) electrons. The van der Waals surface area contributed by atoms with E-state index in [0.29, 0.717) is 26.0 Å². The van der Waals surface area contributed by atoms with E-state index in [1.807, 2.05) is 30.3 Å². The first-order valence-corrected chi connectivity index (χ1v) is 5.87. The monoisotopic (exact) mass is 236 g/mol. The van der Waals surface area contributed by atoms with Gasteiger partial charge in [-0.1, -0.05) is 30.3 Å². The van der Waals surface area contributed by atoms with Gasteiger partial charge in [0.05, 0.1) is 0 Å². The Morgan fingerprint density at radius 1 is 1.35 bits per heavy atom. The van der Waals surface area contributed by atoms with Gasteiger partial charge in [0.25, 0.3) is 0 Å². The fraction of sp³-hybridized carbons (Fsp3) is 0.462. The van der Waals surface area contributed by atoms with E-state index in [1.54, 1.807) is 0 Å². The van der Waals surface area contributed by atoms with Crippen LogP contribution >= 0.6 is 0 Å². The van der Waals surface area contributed by atoms with Crippen molar-refractivity contribution in [2.45, 2.75) is 12.7 Å². The minimum Gasteiger partial charge on any atom is -0.358 e. The summed E-state index contributed by atoms with van der Waals surface area (Å²) < 4.78 is 13.7. The van der Waals surface area contributed by atoms with Crippen molar-refractivity contribution in [3.05, 3.63) is 35.9 Å². The molecule has 17 heavy (non-hydrogen) atoms. The quantitative estimate of drug-likeness (QED) is 0.779. The van der Waals surface area contributed by atoms with E-state index in [9.17, 15) is 9.18 Å². The molecule has 2 atom stereocenters. The van der Waals surface area contributed by atoms with Gasteiger partial charge in [0.2, 0.25) is 6.41 Å². The van der Waals surface area contributed by atoms with Gasteiger partial charge in [-0.15, -0.1) is 0 Å². The molecule has 1 aromatic rings. The molecule has 1 aromatic carbocycles. The molecule has 92 valence electrons. The van der Waals surface area contributed by atoms with Crippen molar-refractivity contribution in [1.82, 2.24) is 10.2 Å². The van der Waals surface area contributed by atoms with Crippen LogP contribution in [0.2, 0.25) is 0 Å². The van der Waals surface area contributed by atoms with Gasteiger partial charge in [0.15, 0.2) is 0 Å². The van der Waals surface area contributed by atoms with Crippen LogP contribution in [0.3, 0.4) is 0 Å². The number of carbonyl (C=O) groups is 1. The van der Waals surface area contributed by atoms with Gasteiger partial charge in [0.1, 0.15) is 6.17 Å². The zero-order chi connectivity index (χ0) is 12.1. The van der Waals surface area contributed by atoms with Crippen LogP contribution in [-0.2, 0) is 11.3 Å². The smallest absolute Gasteiger partial charge is 0.207 e. The van der Waals surface area contributed by atoms with Crippen molar-refractivity contribution in [2.75, 3.05) is 19.6 Å². The molecular weight excluding hydrogens is 219 g/mol. The molecule has 1 aliphatic heterocycles. The molecule has 3 nitrogen and oxygen atoms in total. The predicted octanol–water partition coefficient (Wildman–Crippen LogP) is 1.20. The Bertz CT molecular complexity index is 358. The van der Waals surface area contributed by atoms with Gasteiger partial charge in [-0.25, -0.2) is 4.39 Å². The predicted molar refractivity (Wildman–Crippen MR) is 64.2 cm³/mol. The molecule has 0 saturated carbocycles. The van der Waals surface area contributed by atoms with Crippen LogP contribution in [0.5, 0.6) is 0 Å². The highest BCUT2D eigenvalue weighted by Crippen LogP contribution is 2.21. The second-order valence-electron chi connectivity index (χ2n) is 4.48. The molecule has 1 fully saturated rings. The number of hydrogen-bond acceptors (Lipinski definition) is 2. The van der Waals surface area contributed by atoms with E-state index in [4.69, 9.17) is 0 Å². The molecule has 0 bridgehead atoms. The Morgan fingerprint density at radius 3 is 2.82 bits per heavy atom. The summed E-state index contributed by atoms with van der Waals surface area (Å²) in [5, 5.41) is 2.56. The van der Waals surface area contributed by atoms with Crippen LogP contribution in [0, 0.1) is 5.92 Å². The maximum atomic E-state index is 13.7. The maximum Gasteiger partial charge on any atom is 0.207 e. The van der Waals surface area contributed by atoms with E-state index in [2.05, 4.69) is 10.2 Å². The van der Waals surface area contributed by atoms with Crippen LogP contribution in [0.15, 0.2) is 30.3 Å². The molecule has 2 rings (SSSR count). The molecule has 0 aromatic heterocycles. The topological polar surface area (TPSA) is 32.3 Å². The summed E-state index contributed by atoms with van der Waals surface area (Å²) in [6.45, 7) is 2.37. The highest BCUT2D eigenvalue weighted by molar-refractivity contribution is 5.45. The summed E-state index contributed by atoms with van der Waals surface area (Å²) in [5.41, 5.74) is 1.20. The number of carbonyl (C=O) groups excluding carboxylic acids is 1. The minimum absolute atomic E-state index is 0.0797. The average Bonchev–Trinajstić information content (AvgIpc) is 2.68. The molecule has 4 heteroatoms. The van der Waals surface area contributed by atoms with Gasteiger partial charge in [-0.05, 0) is 5.56 Å². The molecule has 1 aliphatic rings. The number of alkyl halides is 1. The fourth-order valence-corrected chi connectivity index (χ4v) is 2.28. The average molecular weight is 236 g/mol. The summed E-state index contributed by atoms with van der Waals surface area (Å²) in [7, 11) is 0. The minimum atomic E-state index is -0.842. The molecule has 0 spiro atoms. The summed E-state index contributed by atoms with van der Waals surface area (Å²) in [4.78, 5) is 12.3. The van der Waals surface area contributed by atoms with E-state index in [-0.39, 0.29) is 5.92 Å². The third-order valence-electron chi connectivity index (χ3n) is 3.15. The number of amides is 1. The fourth-order valence-electron chi connectivity index (χ4n) is 2.28. The standard InChI is InChI=1S/C13H17FN2O/c14-13-9-16(8-12(13)6-15-10-17)7-11-4-2-1-3-5-11/h1-5,10,12-13H,6-9H2,(H,15,17)/t12-,13+/m1/s1. The molecule has 1 heterocycles. The zero-order valence-electron chi connectivity index (χ0n) is 9.68. The first-order chi connectivity index (χ1) is 8.29. The van der Waals surface area contributed by atoms with Crippen molar-refractivity contribution in [3.63, 3.8) is 0 Å². The summed E-state index contributed by atoms with van der Waals surface area (Å²) >= 11 is 0. The van der Waals surface area contributed by atoms with Crippen molar-refractivity contribution >= 4 is 6.41 Å². The molecular formula is C13H17FN2O. The lowest BCUT2D eigenvalue weighted by molar-refractivity contribution is -0.109. The van der Waals surface area contributed by atoms with Gasteiger partial charge in [-0.3, -0.25) is 9.69 Å². The third-order valence-corrected chi connectivity index (χ3v) is 3.15. The lowest BCUT2D eigenvalue weighted by Gasteiger charge is -2.15. The van der Waals surface area contributed by atoms with Crippen molar-refractivity contribution in [3.8, 4) is 0 Å². The van der Waals surface area contributed by atoms with Crippen LogP contribution in [-0.4, -0.2) is 37.1 Å². The molecule has 1 N–H and O–H groups in total. The number of benzene rings is 1. The lowest BCUT2D eigenvalue weighted by atomic mass is 10.1. The number of hydrogen-bond donors (Lipinski definition) is 1. The molecule has 1 amide bonds. The van der Waals surface area contributed by atoms with Crippen LogP contribution in [0.25, 0.3) is 0 Å². The summed E-state index contributed by atoms with van der Waals surface area (Å²) in [6.07, 6.45) is -0.210. The highest BCUT2D eigenvalue weighted by atomic mass is 19.1. The number of halogens is 1. The normalized spacial score (nSPS) is 24.8. The Kier molecular flexibility index (Phi) is 4.09. The van der Waals surface area contributed by atoms with Gasteiger partial charge in [0, 0.05) is 32.1 Å². The van der Waals surface area contributed by atoms with Gasteiger partial charge in [-0.2, -0.15) is 0 Å². The number of nitrogens with one attached hydrogen (secondary N) is 1. The SMILES string of the molecule is O=CNC[C@@H]1CN(Cc2ccccc2)C[C@@H]1F. The lowest BCUT2D eigenvalue weighted by Crippen LogP contribution is -2.27. The van der Waals surface area contributed by atoms with Gasteiger partial charge >= 0.3 is 0 Å². The van der Waals surface area contributed by atoms with E-state index < -0.39 is 6.17 Å². The van der Waals surface area contributed by atoms with E-state index in [1.165, 1.54) is 5.56 Å². The Hall–Kier alpha value is -1.42. The Morgan fingerprint density at radius 2 is 2.12 bits per heavy atom. The zero-order valence-corrected chi connectivity index (χ0v) is 9.68. The van der Waals surface area contributed by atoms with Crippen molar-refractivity contribution < 1.29 is 9.18 Å². The third kappa shape index (κ3) is 3.27. The largest absolute Gasteiger partial charge is 0.358 e. The second kappa shape index (κ2) is 5.77. The Balaban J connectivity index is 1.86. The maximum absolute atomic E-state index is 13.7. The first-order valence-electron chi connectivity index (χ1n) is 5.87. The highest BCUT2D eigenvalue weighted by Gasteiger charge is 2.32. The van der Waals surface area contributed by atoms with E-state index >= 15 is 0 Å². The Labute approximate surface area is 101 Å². The molecule has 0 unspecified atom stereocenters. The second-order valence-corrected chi connectivity index (χ2v) is 4.48. The number of rotatable bonds is 5. The molecule has 0 aliphatic carbocycles. The van der Waals surface area contributed by atoms with Crippen LogP contribution < -0.4 is 5.32 Å².